The first-order valence-corrected chi connectivity index (χ1v) is 6.63. The molecule has 0 N–H and O–H groups in total. The summed E-state index contributed by atoms with van der Waals surface area (Å²) in [6, 6.07) is 13.2. The zero-order chi connectivity index (χ0) is 12.9. The largest absolute Gasteiger partial charge is 0.267 e. The molecular formula is C17H20N+. The quantitative estimate of drug-likeness (QED) is 0.645. The van der Waals surface area contributed by atoms with Crippen molar-refractivity contribution in [3.05, 3.63) is 54.2 Å². The molecule has 1 unspecified atom stereocenters. The number of nitrogens with zero attached hydrogens (tertiary/aromatic N) is 1. The number of fused-ring (bicyclic) bond motifs is 3. The molecule has 2 aromatic rings. The van der Waals surface area contributed by atoms with Gasteiger partial charge in [0.25, 0.3) is 0 Å². The lowest BCUT2D eigenvalue weighted by atomic mass is 9.92. The minimum Gasteiger partial charge on any atom is -0.267 e. The fourth-order valence-corrected chi connectivity index (χ4v) is 3.29. The van der Waals surface area contributed by atoms with Crippen molar-refractivity contribution in [1.82, 2.24) is 4.48 Å². The predicted octanol–water partition coefficient (Wildman–Crippen LogP) is 4.43. The van der Waals surface area contributed by atoms with Gasteiger partial charge in [0.1, 0.15) is 11.4 Å². The van der Waals surface area contributed by atoms with E-state index in [-0.39, 0.29) is 0 Å². The number of rotatable bonds is 1. The molecule has 0 saturated heterocycles. The maximum absolute atomic E-state index is 4.35. The van der Waals surface area contributed by atoms with E-state index in [1.165, 1.54) is 27.7 Å². The van der Waals surface area contributed by atoms with E-state index in [9.17, 15) is 0 Å². The second-order valence-corrected chi connectivity index (χ2v) is 5.63. The molecule has 0 amide bonds. The fourth-order valence-electron chi connectivity index (χ4n) is 3.29. The van der Waals surface area contributed by atoms with Gasteiger partial charge in [-0.05, 0) is 29.8 Å². The molecule has 2 aromatic carbocycles. The zero-order valence-electron chi connectivity index (χ0n) is 11.4. The molecule has 0 radical (unpaired) electrons. The third kappa shape index (κ3) is 1.31. The zero-order valence-corrected chi connectivity index (χ0v) is 11.4. The van der Waals surface area contributed by atoms with Crippen LogP contribution in [0.15, 0.2) is 48.7 Å². The van der Waals surface area contributed by atoms with Crippen LogP contribution in [0.5, 0.6) is 0 Å². The number of allylic oxidation sites excluding steroid dienone is 1. The highest BCUT2D eigenvalue weighted by Crippen LogP contribution is 2.50. The van der Waals surface area contributed by atoms with Crippen LogP contribution < -0.4 is 4.48 Å². The van der Waals surface area contributed by atoms with E-state index < -0.39 is 0 Å². The maximum atomic E-state index is 4.35. The molecule has 0 aliphatic carbocycles. The van der Waals surface area contributed by atoms with Crippen molar-refractivity contribution in [1.29, 1.82) is 0 Å². The van der Waals surface area contributed by atoms with Crippen molar-refractivity contribution < 1.29 is 0 Å². The first-order chi connectivity index (χ1) is 8.57. The average Bonchev–Trinajstić information content (AvgIpc) is 2.58. The lowest BCUT2D eigenvalue weighted by Gasteiger charge is -2.25. The van der Waals surface area contributed by atoms with Crippen LogP contribution in [0.3, 0.4) is 0 Å². The highest BCUT2D eigenvalue weighted by Gasteiger charge is 2.42. The van der Waals surface area contributed by atoms with Crippen molar-refractivity contribution in [3.8, 4) is 0 Å². The summed E-state index contributed by atoms with van der Waals surface area (Å²) in [5.41, 5.74) is 4.21. The monoisotopic (exact) mass is 238 g/mol. The Morgan fingerprint density at radius 2 is 1.83 bits per heavy atom. The maximum Gasteiger partial charge on any atom is 0.141 e. The molecule has 3 rings (SSSR count). The van der Waals surface area contributed by atoms with Crippen LogP contribution >= 0.6 is 0 Å². The van der Waals surface area contributed by atoms with Crippen molar-refractivity contribution >= 4 is 16.5 Å². The number of hydrogen-bond donors (Lipinski definition) is 0. The van der Waals surface area contributed by atoms with Gasteiger partial charge < -0.3 is 0 Å². The van der Waals surface area contributed by atoms with Gasteiger partial charge in [0, 0.05) is 11.6 Å². The highest BCUT2D eigenvalue weighted by molar-refractivity contribution is 5.92. The van der Waals surface area contributed by atoms with Gasteiger partial charge in [-0.25, -0.2) is 0 Å². The van der Waals surface area contributed by atoms with Gasteiger partial charge >= 0.3 is 0 Å². The van der Waals surface area contributed by atoms with Gasteiger partial charge in [-0.1, -0.05) is 31.2 Å². The van der Waals surface area contributed by atoms with Crippen LogP contribution in [-0.2, 0) is 0 Å². The van der Waals surface area contributed by atoms with Crippen LogP contribution in [0.2, 0.25) is 0 Å². The van der Waals surface area contributed by atoms with Crippen LogP contribution in [0, 0.1) is 0 Å². The van der Waals surface area contributed by atoms with E-state index >= 15 is 0 Å². The normalized spacial score (nSPS) is 21.3. The predicted molar refractivity (Wildman–Crippen MR) is 79.8 cm³/mol. The Kier molecular flexibility index (Phi) is 2.36. The summed E-state index contributed by atoms with van der Waals surface area (Å²) in [6.45, 7) is 6.61. The second-order valence-electron chi connectivity index (χ2n) is 5.63. The van der Waals surface area contributed by atoms with Crippen molar-refractivity contribution in [2.45, 2.75) is 19.3 Å². The third-order valence-corrected chi connectivity index (χ3v) is 4.43. The van der Waals surface area contributed by atoms with Crippen LogP contribution in [0.1, 0.15) is 24.8 Å². The molecule has 0 fully saturated rings. The Bertz CT molecular complexity index is 637. The van der Waals surface area contributed by atoms with E-state index in [1.807, 2.05) is 0 Å². The van der Waals surface area contributed by atoms with Crippen LogP contribution in [0.4, 0.5) is 5.69 Å². The van der Waals surface area contributed by atoms with Gasteiger partial charge in [0.05, 0.1) is 20.0 Å². The van der Waals surface area contributed by atoms with Gasteiger partial charge in [0.2, 0.25) is 0 Å². The Balaban J connectivity index is 2.41. The molecule has 0 saturated carbocycles. The van der Waals surface area contributed by atoms with Crippen molar-refractivity contribution in [2.24, 2.45) is 0 Å². The van der Waals surface area contributed by atoms with E-state index in [4.69, 9.17) is 0 Å². The summed E-state index contributed by atoms with van der Waals surface area (Å²) >= 11 is 0. The standard InChI is InChI=1S/C17H20N/c1-5-14-12(2)18(3,4)16-11-10-13-8-6-7-9-15(13)17(14)16/h6-11,14H,2,5H2,1,3-4H3/q+1. The summed E-state index contributed by atoms with van der Waals surface area (Å²) in [6.07, 6.45) is 1.13. The molecule has 1 aliphatic rings. The SMILES string of the molecule is C=C1C(CC)c2c(ccc3ccccc23)[N+]1(C)C. The number of hydrogen-bond acceptors (Lipinski definition) is 0. The Morgan fingerprint density at radius 1 is 1.11 bits per heavy atom. The summed E-state index contributed by atoms with van der Waals surface area (Å²) in [5.74, 6) is 0.487. The van der Waals surface area contributed by atoms with Crippen LogP contribution in [-0.4, -0.2) is 14.1 Å². The molecule has 1 heterocycles. The average molecular weight is 238 g/mol. The highest BCUT2D eigenvalue weighted by atomic mass is 15.3. The summed E-state index contributed by atoms with van der Waals surface area (Å²) in [4.78, 5) is 0. The second kappa shape index (κ2) is 3.69. The molecule has 92 valence electrons. The molecule has 0 spiro atoms. The Hall–Kier alpha value is -1.60. The molecule has 1 heteroatoms. The summed E-state index contributed by atoms with van der Waals surface area (Å²) in [5, 5.41) is 2.73. The topological polar surface area (TPSA) is 0 Å². The molecule has 1 atom stereocenters. The summed E-state index contributed by atoms with van der Waals surface area (Å²) < 4.78 is 0.818. The molecule has 18 heavy (non-hydrogen) atoms. The van der Waals surface area contributed by atoms with Crippen molar-refractivity contribution in [2.75, 3.05) is 14.1 Å². The molecule has 1 aliphatic heterocycles. The minimum absolute atomic E-state index is 0.487. The van der Waals surface area contributed by atoms with Gasteiger partial charge in [-0.2, -0.15) is 0 Å². The molecular weight excluding hydrogens is 218 g/mol. The van der Waals surface area contributed by atoms with E-state index in [2.05, 4.69) is 64.0 Å². The van der Waals surface area contributed by atoms with Crippen molar-refractivity contribution in [3.63, 3.8) is 0 Å². The minimum atomic E-state index is 0.487. The van der Waals surface area contributed by atoms with Gasteiger partial charge in [-0.15, -0.1) is 0 Å². The van der Waals surface area contributed by atoms with Gasteiger partial charge in [-0.3, -0.25) is 4.48 Å². The van der Waals surface area contributed by atoms with E-state index in [0.717, 1.165) is 10.9 Å². The first kappa shape index (κ1) is 11.5. The van der Waals surface area contributed by atoms with E-state index in [1.54, 1.807) is 0 Å². The lowest BCUT2D eigenvalue weighted by molar-refractivity contribution is 0.487. The Morgan fingerprint density at radius 3 is 2.56 bits per heavy atom. The third-order valence-electron chi connectivity index (χ3n) is 4.43. The molecule has 0 aromatic heterocycles. The van der Waals surface area contributed by atoms with E-state index in [0.29, 0.717) is 5.92 Å². The molecule has 0 bridgehead atoms. The smallest absolute Gasteiger partial charge is 0.141 e. The first-order valence-electron chi connectivity index (χ1n) is 6.63. The fraction of sp³-hybridized carbons (Fsp3) is 0.294. The molecule has 1 nitrogen and oxygen atoms in total. The lowest BCUT2D eigenvalue weighted by Crippen LogP contribution is -2.36. The Labute approximate surface area is 109 Å². The number of likely N-dealkylation sites (N-methyl/N-ethyl adjacent to an activating group) is 1. The number of benzene rings is 2. The van der Waals surface area contributed by atoms with Crippen LogP contribution in [0.25, 0.3) is 10.8 Å². The van der Waals surface area contributed by atoms with Gasteiger partial charge in [0.15, 0.2) is 0 Å². The summed E-state index contributed by atoms with van der Waals surface area (Å²) in [7, 11) is 4.48. The number of quaternary nitrogens is 1.